The van der Waals surface area contributed by atoms with E-state index in [1.54, 1.807) is 6.92 Å². The van der Waals surface area contributed by atoms with Gasteiger partial charge in [-0.2, -0.15) is 0 Å². The third-order valence-electron chi connectivity index (χ3n) is 3.58. The summed E-state index contributed by atoms with van der Waals surface area (Å²) in [4.78, 5) is 11.8. The van der Waals surface area contributed by atoms with Crippen LogP contribution in [0.1, 0.15) is 33.6 Å². The predicted octanol–water partition coefficient (Wildman–Crippen LogP) is 0.322. The molecule has 6 nitrogen and oxygen atoms in total. The number of halogens is 1. The maximum absolute atomic E-state index is 11.8. The van der Waals surface area contributed by atoms with Crippen LogP contribution in [0.4, 0.5) is 0 Å². The second-order valence-corrected chi connectivity index (χ2v) is 7.61. The summed E-state index contributed by atoms with van der Waals surface area (Å²) in [5, 5.41) is 2.90. The van der Waals surface area contributed by atoms with Crippen LogP contribution < -0.4 is 11.1 Å². The van der Waals surface area contributed by atoms with Crippen LogP contribution in [-0.4, -0.2) is 49.6 Å². The van der Waals surface area contributed by atoms with Crippen molar-refractivity contribution in [3.8, 4) is 0 Å². The summed E-state index contributed by atoms with van der Waals surface area (Å²) in [5.41, 5.74) is 5.78. The van der Waals surface area contributed by atoms with Crippen molar-refractivity contribution in [2.75, 3.05) is 18.8 Å². The quantitative estimate of drug-likeness (QED) is 0.760. The zero-order valence-electron chi connectivity index (χ0n) is 12.3. The highest BCUT2D eigenvalue weighted by atomic mass is 35.5. The van der Waals surface area contributed by atoms with Crippen molar-refractivity contribution in [1.29, 1.82) is 0 Å². The van der Waals surface area contributed by atoms with Crippen LogP contribution in [0.5, 0.6) is 0 Å². The van der Waals surface area contributed by atoms with E-state index in [2.05, 4.69) is 5.32 Å². The molecule has 1 fully saturated rings. The second kappa shape index (κ2) is 8.17. The highest BCUT2D eigenvalue weighted by Crippen LogP contribution is 2.14. The number of hydrogen-bond donors (Lipinski definition) is 2. The highest BCUT2D eigenvalue weighted by Gasteiger charge is 2.28. The van der Waals surface area contributed by atoms with Crippen molar-refractivity contribution in [3.63, 3.8) is 0 Å². The first kappa shape index (κ1) is 19.6. The van der Waals surface area contributed by atoms with Crippen molar-refractivity contribution in [1.82, 2.24) is 9.62 Å². The molecule has 0 aliphatic carbocycles. The predicted molar refractivity (Wildman–Crippen MR) is 82.3 cm³/mol. The van der Waals surface area contributed by atoms with Gasteiger partial charge in [-0.1, -0.05) is 13.8 Å². The topological polar surface area (TPSA) is 92.5 Å². The molecule has 1 saturated heterocycles. The van der Waals surface area contributed by atoms with Gasteiger partial charge in [-0.3, -0.25) is 4.79 Å². The van der Waals surface area contributed by atoms with E-state index in [0.717, 1.165) is 0 Å². The number of amides is 1. The van der Waals surface area contributed by atoms with Crippen LogP contribution in [0.2, 0.25) is 0 Å². The molecular formula is C12H26ClN3O3S. The number of carbonyl (C=O) groups is 1. The molecule has 1 aliphatic heterocycles. The number of sulfonamides is 1. The smallest absolute Gasteiger partial charge is 0.237 e. The highest BCUT2D eigenvalue weighted by molar-refractivity contribution is 7.89. The van der Waals surface area contributed by atoms with E-state index >= 15 is 0 Å². The van der Waals surface area contributed by atoms with Gasteiger partial charge in [0.2, 0.25) is 15.9 Å². The van der Waals surface area contributed by atoms with Crippen LogP contribution in [0.25, 0.3) is 0 Å². The van der Waals surface area contributed by atoms with Crippen molar-refractivity contribution < 1.29 is 13.2 Å². The van der Waals surface area contributed by atoms with Crippen molar-refractivity contribution in [2.45, 2.75) is 45.7 Å². The first-order valence-corrected chi connectivity index (χ1v) is 8.42. The van der Waals surface area contributed by atoms with Gasteiger partial charge >= 0.3 is 0 Å². The molecule has 1 amide bonds. The van der Waals surface area contributed by atoms with Gasteiger partial charge in [-0.15, -0.1) is 12.4 Å². The standard InChI is InChI=1S/C12H25N3O3S.ClH/c1-4-19(17,18)15-7-5-10(6-8-15)14-12(16)11(13)9(2)3;/h9-11H,4-8,13H2,1-3H3,(H,14,16);1H/t11-;/m0./s1. The number of hydrogen-bond acceptors (Lipinski definition) is 4. The number of carbonyl (C=O) groups excluding carboxylic acids is 1. The molecule has 0 aromatic rings. The minimum atomic E-state index is -3.11. The molecule has 0 aromatic heterocycles. The van der Waals surface area contributed by atoms with Crippen LogP contribution in [0.3, 0.4) is 0 Å². The van der Waals surface area contributed by atoms with Crippen LogP contribution in [0, 0.1) is 5.92 Å². The lowest BCUT2D eigenvalue weighted by Gasteiger charge is -2.32. The number of rotatable bonds is 5. The molecule has 3 N–H and O–H groups in total. The largest absolute Gasteiger partial charge is 0.352 e. The first-order valence-electron chi connectivity index (χ1n) is 6.81. The van der Waals surface area contributed by atoms with E-state index in [-0.39, 0.29) is 36.0 Å². The van der Waals surface area contributed by atoms with Gasteiger partial charge in [0, 0.05) is 19.1 Å². The molecule has 1 atom stereocenters. The maximum atomic E-state index is 11.8. The third kappa shape index (κ3) is 5.20. The molecule has 1 heterocycles. The Labute approximate surface area is 127 Å². The van der Waals surface area contributed by atoms with Gasteiger partial charge < -0.3 is 11.1 Å². The molecule has 0 bridgehead atoms. The summed E-state index contributed by atoms with van der Waals surface area (Å²) in [6.45, 7) is 6.39. The number of piperidine rings is 1. The Balaban J connectivity index is 0.00000361. The third-order valence-corrected chi connectivity index (χ3v) is 5.46. The molecule has 8 heteroatoms. The fraction of sp³-hybridized carbons (Fsp3) is 0.917. The van der Waals surface area contributed by atoms with Crippen molar-refractivity contribution in [2.24, 2.45) is 11.7 Å². The molecule has 0 saturated carbocycles. The normalized spacial score (nSPS) is 19.4. The molecule has 1 rings (SSSR count). The van der Waals surface area contributed by atoms with Crippen LogP contribution in [-0.2, 0) is 14.8 Å². The lowest BCUT2D eigenvalue weighted by Crippen LogP contribution is -2.51. The fourth-order valence-electron chi connectivity index (χ4n) is 2.06. The maximum Gasteiger partial charge on any atom is 0.237 e. The van der Waals surface area contributed by atoms with E-state index in [1.807, 2.05) is 13.8 Å². The Morgan fingerprint density at radius 3 is 2.25 bits per heavy atom. The molecular weight excluding hydrogens is 302 g/mol. The minimum absolute atomic E-state index is 0. The Morgan fingerprint density at radius 1 is 1.35 bits per heavy atom. The summed E-state index contributed by atoms with van der Waals surface area (Å²) >= 11 is 0. The molecule has 0 radical (unpaired) electrons. The molecule has 0 spiro atoms. The van der Waals surface area contributed by atoms with Gasteiger partial charge in [0.25, 0.3) is 0 Å². The first-order chi connectivity index (χ1) is 8.77. The van der Waals surface area contributed by atoms with Crippen molar-refractivity contribution in [3.05, 3.63) is 0 Å². The van der Waals surface area contributed by atoms with Crippen LogP contribution >= 0.6 is 12.4 Å². The summed E-state index contributed by atoms with van der Waals surface area (Å²) in [7, 11) is -3.11. The average molecular weight is 328 g/mol. The Morgan fingerprint density at radius 2 is 1.85 bits per heavy atom. The van der Waals surface area contributed by atoms with E-state index in [4.69, 9.17) is 5.73 Å². The monoisotopic (exact) mass is 327 g/mol. The van der Waals surface area contributed by atoms with Gasteiger partial charge in [0.15, 0.2) is 0 Å². The van der Waals surface area contributed by atoms with Gasteiger partial charge in [-0.05, 0) is 25.7 Å². The minimum Gasteiger partial charge on any atom is -0.352 e. The zero-order chi connectivity index (χ0) is 14.6. The second-order valence-electron chi connectivity index (χ2n) is 5.35. The fourth-order valence-corrected chi connectivity index (χ4v) is 3.19. The van der Waals surface area contributed by atoms with Gasteiger partial charge in [-0.25, -0.2) is 12.7 Å². The molecule has 1 aliphatic rings. The molecule has 0 unspecified atom stereocenters. The Kier molecular flexibility index (Phi) is 8.01. The summed E-state index contributed by atoms with van der Waals surface area (Å²) in [6.07, 6.45) is 1.30. The lowest BCUT2D eigenvalue weighted by molar-refractivity contribution is -0.124. The number of nitrogens with zero attached hydrogens (tertiary/aromatic N) is 1. The van der Waals surface area contributed by atoms with E-state index < -0.39 is 16.1 Å². The van der Waals surface area contributed by atoms with Crippen LogP contribution in [0.15, 0.2) is 0 Å². The molecule has 120 valence electrons. The van der Waals surface area contributed by atoms with E-state index in [9.17, 15) is 13.2 Å². The lowest BCUT2D eigenvalue weighted by atomic mass is 10.0. The Bertz CT molecular complexity index is 406. The zero-order valence-corrected chi connectivity index (χ0v) is 14.0. The van der Waals surface area contributed by atoms with Gasteiger partial charge in [0.1, 0.15) is 0 Å². The number of nitrogens with one attached hydrogen (secondary N) is 1. The summed E-state index contributed by atoms with van der Waals surface area (Å²) < 4.78 is 24.9. The Hall–Kier alpha value is -0.370. The summed E-state index contributed by atoms with van der Waals surface area (Å²) in [5.74, 6) is 0.0785. The molecule has 0 aromatic carbocycles. The molecule has 20 heavy (non-hydrogen) atoms. The van der Waals surface area contributed by atoms with Gasteiger partial charge in [0.05, 0.1) is 11.8 Å². The average Bonchev–Trinajstić information content (AvgIpc) is 2.38. The summed E-state index contributed by atoms with van der Waals surface area (Å²) in [6, 6.07) is -0.474. The van der Waals surface area contributed by atoms with Crippen molar-refractivity contribution >= 4 is 28.3 Å². The SMILES string of the molecule is CCS(=O)(=O)N1CCC(NC(=O)[C@@H](N)C(C)C)CC1.Cl. The number of nitrogens with two attached hydrogens (primary N) is 1. The van der Waals surface area contributed by atoms with E-state index in [0.29, 0.717) is 25.9 Å². The van der Waals surface area contributed by atoms with E-state index in [1.165, 1.54) is 4.31 Å².